The maximum Gasteiger partial charge on any atom is 0.131 e. The number of hydrogen-bond acceptors (Lipinski definition) is 5. The van der Waals surface area contributed by atoms with Crippen molar-refractivity contribution in [3.8, 4) is 11.3 Å². The molecule has 4 rings (SSSR count). The van der Waals surface area contributed by atoms with E-state index in [1.165, 1.54) is 0 Å². The van der Waals surface area contributed by atoms with Crippen LogP contribution in [0.25, 0.3) is 29.0 Å². The van der Waals surface area contributed by atoms with Crippen LogP contribution < -0.4 is 10.2 Å². The van der Waals surface area contributed by atoms with Crippen LogP contribution in [0, 0.1) is 12.7 Å². The van der Waals surface area contributed by atoms with Gasteiger partial charge in [-0.3, -0.25) is 5.10 Å². The van der Waals surface area contributed by atoms with Crippen molar-refractivity contribution in [3.63, 3.8) is 0 Å². The average Bonchev–Trinajstić information content (AvgIpc) is 3.39. The fraction of sp³-hybridized carbons (Fsp3) is 0.308. The number of H-pyrrole nitrogens is 1. The summed E-state index contributed by atoms with van der Waals surface area (Å²) in [4.78, 5) is 6.66. The first kappa shape index (κ1) is 22.9. The van der Waals surface area contributed by atoms with Gasteiger partial charge in [0.25, 0.3) is 0 Å². The molecule has 1 aliphatic heterocycles. The molecule has 0 radical (unpaired) electrons. The van der Waals surface area contributed by atoms with E-state index < -0.39 is 0 Å². The van der Waals surface area contributed by atoms with Crippen LogP contribution in [0.1, 0.15) is 41.3 Å². The maximum atomic E-state index is 15.0. The first-order valence-electron chi connectivity index (χ1n) is 11.1. The summed E-state index contributed by atoms with van der Waals surface area (Å²) < 4.78 is 15.0. The average molecular weight is 448 g/mol. The first-order valence-corrected chi connectivity index (χ1v) is 11.1. The molecule has 2 aromatic heterocycles. The van der Waals surface area contributed by atoms with Gasteiger partial charge in [-0.15, -0.1) is 0 Å². The second kappa shape index (κ2) is 9.68. The van der Waals surface area contributed by atoms with Gasteiger partial charge in [-0.1, -0.05) is 12.6 Å². The zero-order chi connectivity index (χ0) is 23.5. The highest BCUT2D eigenvalue weighted by molar-refractivity contribution is 5.88. The van der Waals surface area contributed by atoms with Gasteiger partial charge in [0.05, 0.1) is 11.8 Å². The topological polar surface area (TPSA) is 77.1 Å². The Bertz CT molecular complexity index is 1160. The lowest BCUT2D eigenvalue weighted by molar-refractivity contribution is 0.198. The lowest BCUT2D eigenvalue weighted by Crippen LogP contribution is -2.21. The number of β-amino-alcohol motifs (C(OH)–C–C–N with tert-alkyl or cyclic N) is 1. The van der Waals surface area contributed by atoms with Gasteiger partial charge < -0.3 is 15.3 Å². The molecule has 0 amide bonds. The number of aromatic nitrogens is 3. The van der Waals surface area contributed by atoms with Gasteiger partial charge in [-0.25, -0.2) is 9.37 Å². The predicted molar refractivity (Wildman–Crippen MR) is 132 cm³/mol. The lowest BCUT2D eigenvalue weighted by Gasteiger charge is -2.16. The third kappa shape index (κ3) is 4.74. The fourth-order valence-electron chi connectivity index (χ4n) is 4.46. The van der Waals surface area contributed by atoms with Gasteiger partial charge in [0.15, 0.2) is 0 Å². The summed E-state index contributed by atoms with van der Waals surface area (Å²) in [5.41, 5.74) is 6.39. The highest BCUT2D eigenvalue weighted by atomic mass is 19.1. The third-order valence-electron chi connectivity index (χ3n) is 6.03. The number of aromatic amines is 1. The van der Waals surface area contributed by atoms with E-state index in [9.17, 15) is 9.50 Å². The molecule has 7 heteroatoms. The number of halogens is 1. The largest absolute Gasteiger partial charge is 0.391 e. The number of nitrogens with zero attached hydrogens (tertiary/aromatic N) is 3. The second-order valence-electron chi connectivity index (χ2n) is 8.52. The summed E-state index contributed by atoms with van der Waals surface area (Å²) in [5, 5.41) is 20.4. The minimum atomic E-state index is -0.302. The highest BCUT2D eigenvalue weighted by Crippen LogP contribution is 2.32. The smallest absolute Gasteiger partial charge is 0.131 e. The molecule has 1 fully saturated rings. The van der Waals surface area contributed by atoms with Gasteiger partial charge in [-0.05, 0) is 74.4 Å². The second-order valence-corrected chi connectivity index (χ2v) is 8.52. The quantitative estimate of drug-likeness (QED) is 0.500. The molecule has 3 aromatic rings. The van der Waals surface area contributed by atoms with Crippen molar-refractivity contribution in [1.82, 2.24) is 20.5 Å². The number of allylic oxidation sites excluding steroid dienone is 1. The Kier molecular flexibility index (Phi) is 6.72. The maximum absolute atomic E-state index is 15.0. The summed E-state index contributed by atoms with van der Waals surface area (Å²) in [6.07, 6.45) is 5.90. The molecule has 6 nitrogen and oxygen atoms in total. The Hall–Kier alpha value is -3.29. The zero-order valence-electron chi connectivity index (χ0n) is 19.3. The van der Waals surface area contributed by atoms with Crippen molar-refractivity contribution in [1.29, 1.82) is 0 Å². The molecule has 0 aliphatic carbocycles. The third-order valence-corrected chi connectivity index (χ3v) is 6.03. The van der Waals surface area contributed by atoms with Crippen molar-refractivity contribution in [2.24, 2.45) is 0 Å². The molecule has 172 valence electrons. The van der Waals surface area contributed by atoms with E-state index in [-0.39, 0.29) is 11.9 Å². The number of aliphatic hydroxyl groups excluding tert-OH is 1. The van der Waals surface area contributed by atoms with Crippen LogP contribution in [-0.4, -0.2) is 46.5 Å². The number of benzene rings is 1. The molecule has 1 atom stereocenters. The SMILES string of the molecule is C=Cc1[nH]nc(-c2ccc(N3CCC(O)C3)nc2)c1/C=C(\C)c1c(C)cc(CNC)cc1F. The van der Waals surface area contributed by atoms with Crippen LogP contribution in [0.15, 0.2) is 37.0 Å². The zero-order valence-corrected chi connectivity index (χ0v) is 19.3. The number of aliphatic hydroxyl groups is 1. The number of anilines is 1. The molecule has 33 heavy (non-hydrogen) atoms. The van der Waals surface area contributed by atoms with Crippen molar-refractivity contribution in [2.75, 3.05) is 25.0 Å². The van der Waals surface area contributed by atoms with Crippen LogP contribution in [0.4, 0.5) is 10.2 Å². The molecule has 0 spiro atoms. The standard InChI is InChI=1S/C26H30FN5O/c1-5-23-21(11-17(3)25-16(2)10-18(13-28-4)12-22(25)27)26(31-30-23)19-6-7-24(29-14-19)32-9-8-20(33)15-32/h5-7,10-12,14,20,28,33H,1,8-9,13,15H2,2-4H3,(H,30,31)/b17-11+. The van der Waals surface area contributed by atoms with Crippen molar-refractivity contribution in [3.05, 3.63) is 70.8 Å². The molecule has 1 aromatic carbocycles. The Morgan fingerprint density at radius 2 is 2.21 bits per heavy atom. The molecule has 0 saturated carbocycles. The van der Waals surface area contributed by atoms with E-state index in [2.05, 4.69) is 32.0 Å². The molecule has 0 bridgehead atoms. The summed E-state index contributed by atoms with van der Waals surface area (Å²) in [6, 6.07) is 7.51. The van der Waals surface area contributed by atoms with E-state index in [0.717, 1.165) is 58.0 Å². The predicted octanol–water partition coefficient (Wildman–Crippen LogP) is 4.41. The van der Waals surface area contributed by atoms with E-state index in [0.29, 0.717) is 18.7 Å². The number of rotatable bonds is 7. The van der Waals surface area contributed by atoms with Crippen LogP contribution in [0.5, 0.6) is 0 Å². The number of nitrogens with one attached hydrogen (secondary N) is 2. The minimum absolute atomic E-state index is 0.238. The van der Waals surface area contributed by atoms with Crippen molar-refractivity contribution in [2.45, 2.75) is 32.9 Å². The number of pyridine rings is 1. The highest BCUT2D eigenvalue weighted by Gasteiger charge is 2.22. The first-order chi connectivity index (χ1) is 15.9. The van der Waals surface area contributed by atoms with E-state index >= 15 is 0 Å². The number of hydrogen-bond donors (Lipinski definition) is 3. The van der Waals surface area contributed by atoms with Gasteiger partial charge in [0, 0.05) is 42.5 Å². The van der Waals surface area contributed by atoms with Crippen LogP contribution in [-0.2, 0) is 6.54 Å². The van der Waals surface area contributed by atoms with Crippen LogP contribution in [0.2, 0.25) is 0 Å². The number of aryl methyl sites for hydroxylation is 1. The fourth-order valence-corrected chi connectivity index (χ4v) is 4.46. The molecular weight excluding hydrogens is 417 g/mol. The Labute approximate surface area is 193 Å². The van der Waals surface area contributed by atoms with E-state index in [1.807, 2.05) is 45.2 Å². The molecule has 1 unspecified atom stereocenters. The van der Waals surface area contributed by atoms with Gasteiger partial charge in [-0.2, -0.15) is 5.10 Å². The normalized spacial score (nSPS) is 16.5. The molecule has 1 saturated heterocycles. The molecule has 3 heterocycles. The Balaban J connectivity index is 1.69. The van der Waals surface area contributed by atoms with Gasteiger partial charge in [0.2, 0.25) is 0 Å². The van der Waals surface area contributed by atoms with Gasteiger partial charge in [0.1, 0.15) is 17.3 Å². The lowest BCUT2D eigenvalue weighted by atomic mass is 9.95. The minimum Gasteiger partial charge on any atom is -0.391 e. The molecular formula is C26H30FN5O. The monoisotopic (exact) mass is 447 g/mol. The van der Waals surface area contributed by atoms with Gasteiger partial charge >= 0.3 is 0 Å². The summed E-state index contributed by atoms with van der Waals surface area (Å²) in [6.45, 7) is 9.74. The molecule has 1 aliphatic rings. The van der Waals surface area contributed by atoms with E-state index in [1.54, 1.807) is 18.3 Å². The molecule has 3 N–H and O–H groups in total. The van der Waals surface area contributed by atoms with Crippen LogP contribution in [0.3, 0.4) is 0 Å². The Morgan fingerprint density at radius 3 is 2.82 bits per heavy atom. The summed E-state index contributed by atoms with van der Waals surface area (Å²) >= 11 is 0. The van der Waals surface area contributed by atoms with Crippen molar-refractivity contribution >= 4 is 23.5 Å². The summed E-state index contributed by atoms with van der Waals surface area (Å²) in [5.74, 6) is 0.598. The van der Waals surface area contributed by atoms with Crippen LogP contribution >= 0.6 is 0 Å². The van der Waals surface area contributed by atoms with E-state index in [4.69, 9.17) is 0 Å². The summed E-state index contributed by atoms with van der Waals surface area (Å²) in [7, 11) is 1.85. The van der Waals surface area contributed by atoms with Crippen molar-refractivity contribution < 1.29 is 9.50 Å². The Morgan fingerprint density at radius 1 is 1.39 bits per heavy atom.